The van der Waals surface area contributed by atoms with E-state index in [9.17, 15) is 9.59 Å². The summed E-state index contributed by atoms with van der Waals surface area (Å²) in [5, 5.41) is 13.2. The van der Waals surface area contributed by atoms with Crippen LogP contribution in [0.15, 0.2) is 48.5 Å². The molecule has 2 aliphatic rings. The molecule has 0 aromatic heterocycles. The number of hydrazine groups is 1. The molecule has 1 heterocycles. The number of urea groups is 1. The molecule has 1 aliphatic carbocycles. The number of rotatable bonds is 12. The third-order valence-corrected chi connectivity index (χ3v) is 6.58. The zero-order chi connectivity index (χ0) is 25.2. The molecular formula is C27H35N3O6. The summed E-state index contributed by atoms with van der Waals surface area (Å²) in [6, 6.07) is 16.3. The second-order valence-corrected chi connectivity index (χ2v) is 8.93. The van der Waals surface area contributed by atoms with Gasteiger partial charge in [-0.3, -0.25) is 10.2 Å². The minimum absolute atomic E-state index is 0.00926. The number of esters is 1. The number of nitrogens with zero attached hydrogens (tertiary/aromatic N) is 1. The highest BCUT2D eigenvalue weighted by atomic mass is 16.5. The summed E-state index contributed by atoms with van der Waals surface area (Å²) in [6.07, 6.45) is 1.27. The van der Waals surface area contributed by atoms with Crippen molar-refractivity contribution in [2.24, 2.45) is 5.92 Å². The number of aliphatic hydroxyl groups is 1. The maximum Gasteiger partial charge on any atom is 0.329 e. The molecule has 0 saturated carbocycles. The van der Waals surface area contributed by atoms with Crippen LogP contribution < -0.4 is 10.7 Å². The van der Waals surface area contributed by atoms with Crippen molar-refractivity contribution in [3.05, 3.63) is 59.7 Å². The molecule has 4 rings (SSSR count). The van der Waals surface area contributed by atoms with Crippen molar-refractivity contribution in [2.45, 2.75) is 18.8 Å². The van der Waals surface area contributed by atoms with Crippen LogP contribution in [0.1, 0.15) is 29.9 Å². The van der Waals surface area contributed by atoms with Gasteiger partial charge in [0.05, 0.1) is 39.0 Å². The Balaban J connectivity index is 1.14. The maximum atomic E-state index is 12.8. The van der Waals surface area contributed by atoms with Crippen LogP contribution in [-0.4, -0.2) is 81.4 Å². The van der Waals surface area contributed by atoms with E-state index in [4.69, 9.17) is 19.3 Å². The van der Waals surface area contributed by atoms with Crippen LogP contribution in [0.3, 0.4) is 0 Å². The van der Waals surface area contributed by atoms with E-state index in [0.717, 1.165) is 0 Å². The SMILES string of the molecule is O=C(NCCOCCOCCO)NN1CCC(C(=O)OCC2c3ccccc3-c3ccccc32)CC1. The van der Waals surface area contributed by atoms with E-state index < -0.39 is 0 Å². The van der Waals surface area contributed by atoms with Gasteiger partial charge in [-0.1, -0.05) is 48.5 Å². The number of carbonyl (C=O) groups is 2. The molecule has 1 saturated heterocycles. The zero-order valence-corrected chi connectivity index (χ0v) is 20.5. The first-order valence-corrected chi connectivity index (χ1v) is 12.6. The number of fused-ring (bicyclic) bond motifs is 3. The fourth-order valence-corrected chi connectivity index (χ4v) is 4.76. The second kappa shape index (κ2) is 13.4. The monoisotopic (exact) mass is 497 g/mol. The molecule has 0 spiro atoms. The van der Waals surface area contributed by atoms with Crippen molar-refractivity contribution in [3.8, 4) is 11.1 Å². The zero-order valence-electron chi connectivity index (χ0n) is 20.5. The Morgan fingerprint density at radius 1 is 0.889 bits per heavy atom. The highest BCUT2D eigenvalue weighted by molar-refractivity contribution is 5.79. The first kappa shape index (κ1) is 26.1. The normalized spacial score (nSPS) is 15.8. The molecule has 2 amide bonds. The Labute approximate surface area is 211 Å². The first-order valence-electron chi connectivity index (χ1n) is 12.6. The summed E-state index contributed by atoms with van der Waals surface area (Å²) >= 11 is 0. The molecular weight excluding hydrogens is 462 g/mol. The van der Waals surface area contributed by atoms with Gasteiger partial charge >= 0.3 is 12.0 Å². The molecule has 0 radical (unpaired) electrons. The molecule has 3 N–H and O–H groups in total. The van der Waals surface area contributed by atoms with Gasteiger partial charge in [0.1, 0.15) is 6.61 Å². The van der Waals surface area contributed by atoms with E-state index in [0.29, 0.717) is 65.5 Å². The Morgan fingerprint density at radius 2 is 1.50 bits per heavy atom. The van der Waals surface area contributed by atoms with Crippen LogP contribution in [0.5, 0.6) is 0 Å². The summed E-state index contributed by atoms with van der Waals surface area (Å²) in [4.78, 5) is 24.9. The lowest BCUT2D eigenvalue weighted by Gasteiger charge is -2.31. The number of piperidine rings is 1. The molecule has 36 heavy (non-hydrogen) atoms. The maximum absolute atomic E-state index is 12.8. The lowest BCUT2D eigenvalue weighted by Crippen LogP contribution is -2.51. The standard InChI is InChI=1S/C27H35N3O6/c31-14-16-35-18-17-34-15-11-28-27(33)29-30-12-9-20(10-13-30)26(32)36-19-25-23-7-3-1-5-21(23)22-6-2-4-8-24(22)25/h1-8,20,25,31H,9-19H2,(H2,28,29,33). The number of aliphatic hydroxyl groups excluding tert-OH is 1. The van der Waals surface area contributed by atoms with E-state index in [1.165, 1.54) is 22.3 Å². The van der Waals surface area contributed by atoms with Crippen LogP contribution in [0.25, 0.3) is 11.1 Å². The molecule has 2 aromatic carbocycles. The molecule has 0 atom stereocenters. The topological polar surface area (TPSA) is 109 Å². The molecule has 9 heteroatoms. The number of ether oxygens (including phenoxy) is 3. The molecule has 9 nitrogen and oxygen atoms in total. The van der Waals surface area contributed by atoms with Crippen LogP contribution >= 0.6 is 0 Å². The lowest BCUT2D eigenvalue weighted by atomic mass is 9.96. The van der Waals surface area contributed by atoms with Gasteiger partial charge in [0.2, 0.25) is 0 Å². The largest absolute Gasteiger partial charge is 0.464 e. The number of hydrogen-bond donors (Lipinski definition) is 3. The predicted molar refractivity (Wildman–Crippen MR) is 134 cm³/mol. The fraction of sp³-hybridized carbons (Fsp3) is 0.481. The summed E-state index contributed by atoms with van der Waals surface area (Å²) in [6.45, 7) is 3.36. The molecule has 0 unspecified atom stereocenters. The molecule has 2 aromatic rings. The average molecular weight is 498 g/mol. The molecule has 194 valence electrons. The lowest BCUT2D eigenvalue weighted by molar-refractivity contribution is -0.150. The number of nitrogens with one attached hydrogen (secondary N) is 2. The first-order chi connectivity index (χ1) is 17.7. The summed E-state index contributed by atoms with van der Waals surface area (Å²) in [5.74, 6) is -0.274. The molecule has 1 fully saturated rings. The Hall–Kier alpha value is -2.98. The predicted octanol–water partition coefficient (Wildman–Crippen LogP) is 2.29. The van der Waals surface area contributed by atoms with E-state index in [-0.39, 0.29) is 30.4 Å². The number of hydrogen-bond acceptors (Lipinski definition) is 7. The van der Waals surface area contributed by atoms with Crippen molar-refractivity contribution < 1.29 is 28.9 Å². The van der Waals surface area contributed by atoms with E-state index in [1.807, 2.05) is 29.3 Å². The number of amides is 2. The van der Waals surface area contributed by atoms with E-state index >= 15 is 0 Å². The fourth-order valence-electron chi connectivity index (χ4n) is 4.76. The molecule has 0 bridgehead atoms. The van der Waals surface area contributed by atoms with Gasteiger partial charge in [-0.15, -0.1) is 0 Å². The van der Waals surface area contributed by atoms with Gasteiger partial charge in [0.25, 0.3) is 0 Å². The Bertz CT molecular complexity index is 963. The molecule has 1 aliphatic heterocycles. The third kappa shape index (κ3) is 6.82. The minimum atomic E-state index is -0.297. The van der Waals surface area contributed by atoms with Gasteiger partial charge in [-0.05, 0) is 35.1 Å². The van der Waals surface area contributed by atoms with Crippen LogP contribution in [0.4, 0.5) is 4.79 Å². The highest BCUT2D eigenvalue weighted by Gasteiger charge is 2.31. The Kier molecular flexibility index (Phi) is 9.68. The van der Waals surface area contributed by atoms with Gasteiger partial charge < -0.3 is 24.6 Å². The van der Waals surface area contributed by atoms with Gasteiger partial charge in [-0.25, -0.2) is 9.80 Å². The van der Waals surface area contributed by atoms with Crippen molar-refractivity contribution in [1.82, 2.24) is 15.8 Å². The van der Waals surface area contributed by atoms with Crippen LogP contribution in [0.2, 0.25) is 0 Å². The number of benzene rings is 2. The summed E-state index contributed by atoms with van der Waals surface area (Å²) in [5.41, 5.74) is 7.66. The van der Waals surface area contributed by atoms with Crippen molar-refractivity contribution >= 4 is 12.0 Å². The smallest absolute Gasteiger partial charge is 0.329 e. The number of carbonyl (C=O) groups excluding carboxylic acids is 2. The average Bonchev–Trinajstić information content (AvgIpc) is 3.23. The van der Waals surface area contributed by atoms with Crippen LogP contribution in [0, 0.1) is 5.92 Å². The van der Waals surface area contributed by atoms with Gasteiger partial charge in [-0.2, -0.15) is 0 Å². The van der Waals surface area contributed by atoms with Gasteiger partial charge in [0.15, 0.2) is 0 Å². The van der Waals surface area contributed by atoms with Crippen molar-refractivity contribution in [1.29, 1.82) is 0 Å². The Morgan fingerprint density at radius 3 is 2.14 bits per heavy atom. The minimum Gasteiger partial charge on any atom is -0.464 e. The van der Waals surface area contributed by atoms with Gasteiger partial charge in [0, 0.05) is 25.6 Å². The van der Waals surface area contributed by atoms with Crippen LogP contribution in [-0.2, 0) is 19.0 Å². The summed E-state index contributed by atoms with van der Waals surface area (Å²) in [7, 11) is 0. The highest BCUT2D eigenvalue weighted by Crippen LogP contribution is 2.44. The van der Waals surface area contributed by atoms with Crippen molar-refractivity contribution in [2.75, 3.05) is 59.3 Å². The van der Waals surface area contributed by atoms with Crippen molar-refractivity contribution in [3.63, 3.8) is 0 Å². The summed E-state index contributed by atoms with van der Waals surface area (Å²) < 4.78 is 16.2. The second-order valence-electron chi connectivity index (χ2n) is 8.93. The van der Waals surface area contributed by atoms with E-state index in [1.54, 1.807) is 0 Å². The van der Waals surface area contributed by atoms with E-state index in [2.05, 4.69) is 35.0 Å². The third-order valence-electron chi connectivity index (χ3n) is 6.58. The quantitative estimate of drug-likeness (QED) is 0.305.